The van der Waals surface area contributed by atoms with E-state index in [1.165, 1.54) is 11.8 Å². The van der Waals surface area contributed by atoms with E-state index < -0.39 is 5.66 Å². The van der Waals surface area contributed by atoms with Gasteiger partial charge in [-0.25, -0.2) is 9.98 Å². The molecule has 1 saturated heterocycles. The van der Waals surface area contributed by atoms with E-state index in [0.29, 0.717) is 11.6 Å². The van der Waals surface area contributed by atoms with Crippen molar-refractivity contribution in [2.75, 3.05) is 38.4 Å². The van der Waals surface area contributed by atoms with Gasteiger partial charge in [0, 0.05) is 24.5 Å². The molecule has 32 heavy (non-hydrogen) atoms. The Morgan fingerprint density at radius 1 is 1.09 bits per heavy atom. The first-order valence-electron chi connectivity index (χ1n) is 10.1. The van der Waals surface area contributed by atoms with Crippen molar-refractivity contribution in [1.29, 1.82) is 0 Å². The third-order valence-electron chi connectivity index (χ3n) is 5.17. The third-order valence-corrected chi connectivity index (χ3v) is 6.13. The molecule has 0 radical (unpaired) electrons. The lowest BCUT2D eigenvalue weighted by molar-refractivity contribution is -0.113. The van der Waals surface area contributed by atoms with Gasteiger partial charge in [0.15, 0.2) is 5.66 Å². The number of rotatable bonds is 6. The van der Waals surface area contributed by atoms with Crippen molar-refractivity contribution in [3.63, 3.8) is 0 Å². The summed E-state index contributed by atoms with van der Waals surface area (Å²) in [5.41, 5.74) is 2.01. The topological polar surface area (TPSA) is 97.2 Å². The number of halogens is 1. The summed E-state index contributed by atoms with van der Waals surface area (Å²) >= 11 is 1.41. The summed E-state index contributed by atoms with van der Waals surface area (Å²) in [7, 11) is 3.20. The molecule has 2 aliphatic heterocycles. The van der Waals surface area contributed by atoms with Gasteiger partial charge in [-0.3, -0.25) is 9.79 Å². The van der Waals surface area contributed by atoms with Crippen LogP contribution >= 0.6 is 24.2 Å². The predicted octanol–water partition coefficient (Wildman–Crippen LogP) is 3.17. The fourth-order valence-electron chi connectivity index (χ4n) is 3.52. The number of hydrogen-bond acceptors (Lipinski definition) is 8. The molecule has 0 aliphatic carbocycles. The molecule has 10 heteroatoms. The summed E-state index contributed by atoms with van der Waals surface area (Å²) in [6.07, 6.45) is 3.27. The van der Waals surface area contributed by atoms with Gasteiger partial charge in [0.1, 0.15) is 10.8 Å². The van der Waals surface area contributed by atoms with E-state index in [0.717, 1.165) is 48.0 Å². The summed E-state index contributed by atoms with van der Waals surface area (Å²) < 4.78 is 10.3. The number of methoxy groups -OCH3 is 2. The molecule has 2 aliphatic rings. The lowest BCUT2D eigenvalue weighted by Gasteiger charge is -2.27. The molecular formula is C22H26ClN5O3S. The number of ether oxygens (including phenoxy) is 2. The first-order valence-corrected chi connectivity index (χ1v) is 11.1. The maximum Gasteiger partial charge on any atom is 0.234 e. The average molecular weight is 476 g/mol. The van der Waals surface area contributed by atoms with Crippen molar-refractivity contribution in [2.45, 2.75) is 18.5 Å². The first-order chi connectivity index (χ1) is 15.1. The lowest BCUT2D eigenvalue weighted by atomic mass is 10.0. The van der Waals surface area contributed by atoms with Gasteiger partial charge in [0.05, 0.1) is 37.6 Å². The Kier molecular flexibility index (Phi) is 8.11. The predicted molar refractivity (Wildman–Crippen MR) is 131 cm³/mol. The van der Waals surface area contributed by atoms with Crippen LogP contribution in [-0.2, 0) is 4.79 Å². The summed E-state index contributed by atoms with van der Waals surface area (Å²) in [5, 5.41) is 7.02. The number of amides is 1. The number of carbonyl (C=O) groups excluding carboxylic acids is 1. The fraction of sp³-hybridized carbons (Fsp3) is 0.364. The van der Waals surface area contributed by atoms with E-state index in [-0.39, 0.29) is 24.1 Å². The highest BCUT2D eigenvalue weighted by atomic mass is 35.5. The SMILES string of the molecule is COc1ccc(C2=NC3(CCNCC3)N=C2SCC(=O)Nc2ccc(OC)nc2)cc1.Cl. The second-order valence-electron chi connectivity index (χ2n) is 7.26. The van der Waals surface area contributed by atoms with Crippen molar-refractivity contribution in [1.82, 2.24) is 10.3 Å². The Balaban J connectivity index is 0.00000289. The van der Waals surface area contributed by atoms with E-state index in [2.05, 4.69) is 15.6 Å². The largest absolute Gasteiger partial charge is 0.497 e. The summed E-state index contributed by atoms with van der Waals surface area (Å²) in [5.74, 6) is 1.40. The summed E-state index contributed by atoms with van der Waals surface area (Å²) in [6, 6.07) is 11.3. The van der Waals surface area contributed by atoms with Crippen molar-refractivity contribution >= 4 is 46.5 Å². The standard InChI is InChI=1S/C22H25N5O3S.ClH/c1-29-17-6-3-15(4-7-17)20-21(27-22(26-20)9-11-23-12-10-22)31-14-18(28)25-16-5-8-19(30-2)24-13-16;/h3-8,13,23H,9-12,14H2,1-2H3,(H,25,28);1H. The minimum Gasteiger partial charge on any atom is -0.497 e. The molecule has 0 bridgehead atoms. The maximum absolute atomic E-state index is 12.5. The zero-order chi connectivity index (χ0) is 21.7. The minimum atomic E-state index is -0.431. The quantitative estimate of drug-likeness (QED) is 0.666. The van der Waals surface area contributed by atoms with Crippen LogP contribution in [0.2, 0.25) is 0 Å². The van der Waals surface area contributed by atoms with Gasteiger partial charge < -0.3 is 20.1 Å². The molecule has 4 rings (SSSR count). The highest BCUT2D eigenvalue weighted by Crippen LogP contribution is 2.34. The molecular weight excluding hydrogens is 450 g/mol. The van der Waals surface area contributed by atoms with E-state index >= 15 is 0 Å². The number of nitrogens with one attached hydrogen (secondary N) is 2. The molecule has 1 amide bonds. The number of benzene rings is 1. The molecule has 0 unspecified atom stereocenters. The Bertz CT molecular complexity index is 990. The van der Waals surface area contributed by atoms with E-state index in [1.807, 2.05) is 24.3 Å². The Morgan fingerprint density at radius 2 is 1.84 bits per heavy atom. The van der Waals surface area contributed by atoms with Crippen LogP contribution in [0.4, 0.5) is 5.69 Å². The van der Waals surface area contributed by atoms with Crippen LogP contribution < -0.4 is 20.1 Å². The van der Waals surface area contributed by atoms with Gasteiger partial charge in [-0.05, 0) is 43.4 Å². The van der Waals surface area contributed by atoms with Gasteiger partial charge in [-0.15, -0.1) is 12.4 Å². The van der Waals surface area contributed by atoms with Gasteiger partial charge in [-0.1, -0.05) is 11.8 Å². The molecule has 8 nitrogen and oxygen atoms in total. The third kappa shape index (κ3) is 5.59. The molecule has 170 valence electrons. The van der Waals surface area contributed by atoms with Crippen LogP contribution in [0.3, 0.4) is 0 Å². The van der Waals surface area contributed by atoms with E-state index in [4.69, 9.17) is 19.5 Å². The normalized spacial score (nSPS) is 16.6. The number of pyridine rings is 1. The molecule has 2 N–H and O–H groups in total. The highest BCUT2D eigenvalue weighted by molar-refractivity contribution is 8.16. The van der Waals surface area contributed by atoms with Crippen LogP contribution in [0.5, 0.6) is 11.6 Å². The van der Waals surface area contributed by atoms with Gasteiger partial charge in [-0.2, -0.15) is 0 Å². The molecule has 1 fully saturated rings. The Labute approximate surface area is 197 Å². The number of nitrogens with zero attached hydrogens (tertiary/aromatic N) is 3. The van der Waals surface area contributed by atoms with Gasteiger partial charge >= 0.3 is 0 Å². The number of thioether (sulfide) groups is 1. The molecule has 0 saturated carbocycles. The van der Waals surface area contributed by atoms with E-state index in [9.17, 15) is 4.79 Å². The fourth-order valence-corrected chi connectivity index (χ4v) is 4.39. The van der Waals surface area contributed by atoms with Crippen LogP contribution in [0.25, 0.3) is 0 Å². The summed E-state index contributed by atoms with van der Waals surface area (Å²) in [6.45, 7) is 1.76. The Morgan fingerprint density at radius 3 is 2.47 bits per heavy atom. The van der Waals surface area contributed by atoms with E-state index in [1.54, 1.807) is 32.5 Å². The first kappa shape index (κ1) is 24.0. The highest BCUT2D eigenvalue weighted by Gasteiger charge is 2.37. The number of aliphatic imine (C=N–C) groups is 2. The summed E-state index contributed by atoms with van der Waals surface area (Å²) in [4.78, 5) is 26.6. The smallest absolute Gasteiger partial charge is 0.234 e. The number of carbonyl (C=O) groups is 1. The molecule has 0 atom stereocenters. The molecule has 1 aromatic carbocycles. The van der Waals surface area contributed by atoms with Crippen molar-refractivity contribution < 1.29 is 14.3 Å². The molecule has 3 heterocycles. The number of hydrogen-bond donors (Lipinski definition) is 2. The minimum absolute atomic E-state index is 0. The zero-order valence-electron chi connectivity index (χ0n) is 18.0. The molecule has 1 spiro atoms. The van der Waals surface area contributed by atoms with Gasteiger partial charge in [0.2, 0.25) is 11.8 Å². The van der Waals surface area contributed by atoms with Crippen molar-refractivity contribution in [3.8, 4) is 11.6 Å². The second-order valence-corrected chi connectivity index (χ2v) is 8.23. The second kappa shape index (κ2) is 10.8. The Hall–Kier alpha value is -2.62. The monoisotopic (exact) mass is 475 g/mol. The number of aromatic nitrogens is 1. The lowest BCUT2D eigenvalue weighted by Crippen LogP contribution is -2.38. The van der Waals surface area contributed by atoms with Crippen LogP contribution in [0.15, 0.2) is 52.6 Å². The van der Waals surface area contributed by atoms with Crippen molar-refractivity contribution in [2.24, 2.45) is 9.98 Å². The van der Waals surface area contributed by atoms with Crippen LogP contribution in [0, 0.1) is 0 Å². The van der Waals surface area contributed by atoms with Crippen LogP contribution in [0.1, 0.15) is 18.4 Å². The number of piperidine rings is 1. The molecule has 1 aromatic heterocycles. The molecule has 2 aromatic rings. The maximum atomic E-state index is 12.5. The van der Waals surface area contributed by atoms with Crippen molar-refractivity contribution in [3.05, 3.63) is 48.2 Å². The van der Waals surface area contributed by atoms with Crippen LogP contribution in [-0.4, -0.2) is 60.4 Å². The average Bonchev–Trinajstić information content (AvgIpc) is 3.16. The zero-order valence-corrected chi connectivity index (χ0v) is 19.6. The number of anilines is 1. The van der Waals surface area contributed by atoms with Gasteiger partial charge in [0.25, 0.3) is 0 Å².